The Labute approximate surface area is 122 Å². The van der Waals surface area contributed by atoms with Gasteiger partial charge in [-0.3, -0.25) is 14.9 Å². The van der Waals surface area contributed by atoms with Gasteiger partial charge in [0.1, 0.15) is 0 Å². The third kappa shape index (κ3) is 2.76. The summed E-state index contributed by atoms with van der Waals surface area (Å²) in [5, 5.41) is 13.6. The maximum absolute atomic E-state index is 12.4. The zero-order valence-electron chi connectivity index (χ0n) is 11.7. The molecule has 6 nitrogen and oxygen atoms in total. The van der Waals surface area contributed by atoms with Crippen molar-refractivity contribution in [2.45, 2.75) is 37.2 Å². The number of carbonyl (C=O) groups is 1. The molecule has 1 N–H and O–H groups in total. The van der Waals surface area contributed by atoms with E-state index >= 15 is 0 Å². The fourth-order valence-electron chi connectivity index (χ4n) is 2.86. The minimum Gasteiger partial charge on any atom is -0.376 e. The lowest BCUT2D eigenvalue weighted by atomic mass is 9.94. The van der Waals surface area contributed by atoms with Crippen molar-refractivity contribution in [3.8, 4) is 0 Å². The van der Waals surface area contributed by atoms with E-state index < -0.39 is 10.3 Å². The van der Waals surface area contributed by atoms with E-state index in [1.165, 1.54) is 12.1 Å². The van der Waals surface area contributed by atoms with Gasteiger partial charge < -0.3 is 10.1 Å². The van der Waals surface area contributed by atoms with Gasteiger partial charge in [-0.2, -0.15) is 0 Å². The molecule has 2 fully saturated rings. The highest BCUT2D eigenvalue weighted by Crippen LogP contribution is 2.48. The van der Waals surface area contributed by atoms with Crippen molar-refractivity contribution in [1.82, 2.24) is 5.32 Å². The fraction of sp³-hybridized carbons (Fsp3) is 0.533. The molecule has 1 saturated heterocycles. The predicted octanol–water partition coefficient (Wildman–Crippen LogP) is 1.92. The van der Waals surface area contributed by atoms with Gasteiger partial charge in [-0.05, 0) is 31.2 Å². The van der Waals surface area contributed by atoms with E-state index in [-0.39, 0.29) is 17.7 Å². The highest BCUT2D eigenvalue weighted by atomic mass is 16.6. The van der Waals surface area contributed by atoms with Crippen LogP contribution in [-0.2, 0) is 14.9 Å². The van der Waals surface area contributed by atoms with E-state index in [4.69, 9.17) is 4.74 Å². The minimum atomic E-state index is -0.492. The summed E-state index contributed by atoms with van der Waals surface area (Å²) in [4.78, 5) is 22.6. The van der Waals surface area contributed by atoms with Gasteiger partial charge in [-0.15, -0.1) is 0 Å². The van der Waals surface area contributed by atoms with Crippen LogP contribution >= 0.6 is 0 Å². The number of nitrogens with one attached hydrogen (secondary N) is 1. The van der Waals surface area contributed by atoms with Gasteiger partial charge in [0.25, 0.3) is 5.69 Å². The highest BCUT2D eigenvalue weighted by molar-refractivity contribution is 5.91. The lowest BCUT2D eigenvalue weighted by molar-refractivity contribution is -0.384. The number of carbonyl (C=O) groups excluding carboxylic acids is 1. The second kappa shape index (κ2) is 5.44. The van der Waals surface area contributed by atoms with Crippen LogP contribution < -0.4 is 5.32 Å². The molecule has 6 heteroatoms. The van der Waals surface area contributed by atoms with Crippen LogP contribution in [-0.4, -0.2) is 30.1 Å². The summed E-state index contributed by atoms with van der Waals surface area (Å²) in [7, 11) is 0. The number of rotatable bonds is 5. The van der Waals surface area contributed by atoms with Gasteiger partial charge in [0.05, 0.1) is 16.4 Å². The maximum Gasteiger partial charge on any atom is 0.269 e. The molecule has 1 aliphatic carbocycles. The zero-order chi connectivity index (χ0) is 14.9. The Morgan fingerprint density at radius 2 is 2.10 bits per heavy atom. The van der Waals surface area contributed by atoms with Crippen molar-refractivity contribution < 1.29 is 14.5 Å². The summed E-state index contributed by atoms with van der Waals surface area (Å²) < 4.78 is 5.49. The molecule has 112 valence electrons. The third-order valence-electron chi connectivity index (χ3n) is 4.33. The second-order valence-electron chi connectivity index (χ2n) is 5.73. The van der Waals surface area contributed by atoms with Crippen LogP contribution in [0, 0.1) is 10.1 Å². The Morgan fingerprint density at radius 1 is 1.38 bits per heavy atom. The standard InChI is InChI=1S/C15H18N2O4/c18-14(16-10-13-2-1-9-21-13)15(7-8-15)11-3-5-12(6-4-11)17(19)20/h3-6,13H,1-2,7-10H2,(H,16,18). The molecule has 1 heterocycles. The molecule has 0 bridgehead atoms. The highest BCUT2D eigenvalue weighted by Gasteiger charge is 2.51. The number of nitrogens with zero attached hydrogens (tertiary/aromatic N) is 1. The molecule has 1 amide bonds. The molecule has 21 heavy (non-hydrogen) atoms. The van der Waals surface area contributed by atoms with Crippen LogP contribution in [0.3, 0.4) is 0 Å². The quantitative estimate of drug-likeness (QED) is 0.663. The Kier molecular flexibility index (Phi) is 3.63. The number of nitro groups is 1. The van der Waals surface area contributed by atoms with Crippen LogP contribution in [0.1, 0.15) is 31.2 Å². The second-order valence-corrected chi connectivity index (χ2v) is 5.73. The summed E-state index contributed by atoms with van der Waals surface area (Å²) in [6, 6.07) is 6.30. The van der Waals surface area contributed by atoms with E-state index in [0.717, 1.165) is 37.9 Å². The predicted molar refractivity (Wildman–Crippen MR) is 76.0 cm³/mol. The molecule has 1 aliphatic heterocycles. The van der Waals surface area contributed by atoms with E-state index in [0.29, 0.717) is 6.54 Å². The summed E-state index contributed by atoms with van der Waals surface area (Å²) in [5.41, 5.74) is 0.417. The molecular formula is C15H18N2O4. The average molecular weight is 290 g/mol. The first-order chi connectivity index (χ1) is 10.1. The van der Waals surface area contributed by atoms with Crippen molar-refractivity contribution in [1.29, 1.82) is 0 Å². The molecule has 1 aromatic carbocycles. The molecule has 0 aromatic heterocycles. The SMILES string of the molecule is O=C(NCC1CCCO1)C1(c2ccc([N+](=O)[O-])cc2)CC1. The summed E-state index contributed by atoms with van der Waals surface area (Å²) in [6.45, 7) is 1.32. The van der Waals surface area contributed by atoms with Crippen LogP contribution in [0.5, 0.6) is 0 Å². The molecule has 0 spiro atoms. The molecule has 3 rings (SSSR count). The maximum atomic E-state index is 12.4. The van der Waals surface area contributed by atoms with Crippen molar-refractivity contribution in [2.75, 3.05) is 13.2 Å². The van der Waals surface area contributed by atoms with Gasteiger partial charge >= 0.3 is 0 Å². The van der Waals surface area contributed by atoms with Crippen molar-refractivity contribution >= 4 is 11.6 Å². The number of benzene rings is 1. The molecule has 0 radical (unpaired) electrons. The number of hydrogen-bond donors (Lipinski definition) is 1. The lowest BCUT2D eigenvalue weighted by Crippen LogP contribution is -2.39. The third-order valence-corrected chi connectivity index (χ3v) is 4.33. The zero-order valence-corrected chi connectivity index (χ0v) is 11.7. The van der Waals surface area contributed by atoms with Crippen molar-refractivity contribution in [2.24, 2.45) is 0 Å². The normalized spacial score (nSPS) is 22.8. The van der Waals surface area contributed by atoms with Gasteiger partial charge in [0.15, 0.2) is 0 Å². The Balaban J connectivity index is 1.65. The average Bonchev–Trinajstić information content (AvgIpc) is 3.14. The smallest absolute Gasteiger partial charge is 0.269 e. The lowest BCUT2D eigenvalue weighted by Gasteiger charge is -2.17. The minimum absolute atomic E-state index is 0.00635. The van der Waals surface area contributed by atoms with Crippen LogP contribution in [0.4, 0.5) is 5.69 Å². The number of non-ortho nitro benzene ring substituents is 1. The first kappa shape index (κ1) is 14.0. The summed E-state index contributed by atoms with van der Waals surface area (Å²) >= 11 is 0. The molecule has 1 atom stereocenters. The first-order valence-corrected chi connectivity index (χ1v) is 7.27. The van der Waals surface area contributed by atoms with Crippen LogP contribution in [0.25, 0.3) is 0 Å². The number of nitro benzene ring substituents is 1. The number of amides is 1. The molecule has 1 saturated carbocycles. The van der Waals surface area contributed by atoms with Gasteiger partial charge in [-0.1, -0.05) is 12.1 Å². The van der Waals surface area contributed by atoms with Crippen LogP contribution in [0.15, 0.2) is 24.3 Å². The van der Waals surface area contributed by atoms with E-state index in [1.807, 2.05) is 0 Å². The largest absolute Gasteiger partial charge is 0.376 e. The Morgan fingerprint density at radius 3 is 2.62 bits per heavy atom. The van der Waals surface area contributed by atoms with Gasteiger partial charge in [0, 0.05) is 25.3 Å². The molecule has 1 unspecified atom stereocenters. The molecule has 1 aromatic rings. The molecular weight excluding hydrogens is 272 g/mol. The van der Waals surface area contributed by atoms with E-state index in [1.54, 1.807) is 12.1 Å². The van der Waals surface area contributed by atoms with Crippen molar-refractivity contribution in [3.05, 3.63) is 39.9 Å². The Bertz CT molecular complexity index is 545. The first-order valence-electron chi connectivity index (χ1n) is 7.27. The number of ether oxygens (including phenoxy) is 1. The van der Waals surface area contributed by atoms with Crippen LogP contribution in [0.2, 0.25) is 0 Å². The fourth-order valence-corrected chi connectivity index (χ4v) is 2.86. The number of hydrogen-bond acceptors (Lipinski definition) is 4. The van der Waals surface area contributed by atoms with Gasteiger partial charge in [-0.25, -0.2) is 0 Å². The summed E-state index contributed by atoms with van der Waals surface area (Å²) in [6.07, 6.45) is 3.75. The van der Waals surface area contributed by atoms with Crippen molar-refractivity contribution in [3.63, 3.8) is 0 Å². The summed E-state index contributed by atoms with van der Waals surface area (Å²) in [5.74, 6) is 0.00635. The monoisotopic (exact) mass is 290 g/mol. The van der Waals surface area contributed by atoms with E-state index in [9.17, 15) is 14.9 Å². The van der Waals surface area contributed by atoms with Gasteiger partial charge in [0.2, 0.25) is 5.91 Å². The topological polar surface area (TPSA) is 81.5 Å². The van der Waals surface area contributed by atoms with E-state index in [2.05, 4.69) is 5.32 Å². The molecule has 2 aliphatic rings. The Hall–Kier alpha value is -1.95.